The maximum atomic E-state index is 12.6. The fourth-order valence-electron chi connectivity index (χ4n) is 3.52. The average Bonchev–Trinajstić information content (AvgIpc) is 2.67. The Labute approximate surface area is 162 Å². The van der Waals surface area contributed by atoms with Crippen LogP contribution in [0.4, 0.5) is 0 Å². The summed E-state index contributed by atoms with van der Waals surface area (Å²) in [5.74, 6) is 1.09. The second-order valence-corrected chi connectivity index (χ2v) is 8.03. The molecule has 25 heavy (non-hydrogen) atoms. The zero-order valence-electron chi connectivity index (χ0n) is 14.5. The molecule has 2 amide bonds. The van der Waals surface area contributed by atoms with Crippen LogP contribution in [-0.2, 0) is 9.59 Å². The fraction of sp³-hybridized carbons (Fsp3) is 0.579. The average molecular weight is 456 g/mol. The number of carbonyl (C=O) groups excluding carboxylic acids is 2. The first-order chi connectivity index (χ1) is 12.1. The summed E-state index contributed by atoms with van der Waals surface area (Å²) < 4.78 is 6.71. The van der Waals surface area contributed by atoms with E-state index in [1.807, 2.05) is 34.1 Å². The Morgan fingerprint density at radius 1 is 0.960 bits per heavy atom. The first-order valence-electron chi connectivity index (χ1n) is 9.08. The summed E-state index contributed by atoms with van der Waals surface area (Å²) in [6.07, 6.45) is 5.02. The zero-order chi connectivity index (χ0) is 17.6. The molecule has 136 valence electrons. The lowest BCUT2D eigenvalue weighted by molar-refractivity contribution is -0.142. The van der Waals surface area contributed by atoms with Crippen molar-refractivity contribution in [3.05, 3.63) is 27.8 Å². The summed E-state index contributed by atoms with van der Waals surface area (Å²) in [6, 6.07) is 7.66. The van der Waals surface area contributed by atoms with Crippen molar-refractivity contribution in [1.82, 2.24) is 9.80 Å². The molecular weight excluding hydrogens is 431 g/mol. The Morgan fingerprint density at radius 3 is 2.24 bits per heavy atom. The van der Waals surface area contributed by atoms with Crippen molar-refractivity contribution in [2.75, 3.05) is 32.8 Å². The lowest BCUT2D eigenvalue weighted by atomic mass is 9.94. The Hall–Kier alpha value is -1.31. The first-order valence-corrected chi connectivity index (χ1v) is 10.2. The molecule has 2 aliphatic heterocycles. The van der Waals surface area contributed by atoms with Crippen LogP contribution in [0.5, 0.6) is 5.75 Å². The van der Waals surface area contributed by atoms with Crippen molar-refractivity contribution in [2.45, 2.75) is 32.1 Å². The summed E-state index contributed by atoms with van der Waals surface area (Å²) in [5.41, 5.74) is 0. The van der Waals surface area contributed by atoms with E-state index < -0.39 is 0 Å². The number of likely N-dealkylation sites (tertiary alicyclic amines) is 2. The van der Waals surface area contributed by atoms with E-state index in [1.165, 1.54) is 6.42 Å². The van der Waals surface area contributed by atoms with Crippen molar-refractivity contribution < 1.29 is 14.3 Å². The fourth-order valence-corrected chi connectivity index (χ4v) is 3.88. The molecule has 2 saturated heterocycles. The van der Waals surface area contributed by atoms with Crippen LogP contribution in [-0.4, -0.2) is 54.4 Å². The molecule has 0 aromatic heterocycles. The molecule has 0 saturated carbocycles. The predicted molar refractivity (Wildman–Crippen MR) is 104 cm³/mol. The second-order valence-electron chi connectivity index (χ2n) is 6.78. The molecule has 3 rings (SSSR count). The molecule has 0 N–H and O–H groups in total. The number of hydrogen-bond donors (Lipinski definition) is 0. The van der Waals surface area contributed by atoms with Gasteiger partial charge in [0.05, 0.1) is 0 Å². The van der Waals surface area contributed by atoms with Gasteiger partial charge in [-0.15, -0.1) is 0 Å². The molecule has 5 nitrogen and oxygen atoms in total. The molecule has 0 spiro atoms. The van der Waals surface area contributed by atoms with Gasteiger partial charge >= 0.3 is 0 Å². The van der Waals surface area contributed by atoms with Crippen molar-refractivity contribution in [3.8, 4) is 5.75 Å². The highest BCUT2D eigenvalue weighted by Gasteiger charge is 2.30. The number of ether oxygens (including phenoxy) is 1. The molecule has 1 aromatic carbocycles. The predicted octanol–water partition coefficient (Wildman–Crippen LogP) is 2.92. The SMILES string of the molecule is O=C(COc1ccc(I)cc1)N1CCC(C(=O)N2CCCCC2)CC1. The van der Waals surface area contributed by atoms with Gasteiger partial charge in [-0.05, 0) is 79.0 Å². The third-order valence-electron chi connectivity index (χ3n) is 5.04. The number of amides is 2. The highest BCUT2D eigenvalue weighted by atomic mass is 127. The van der Waals surface area contributed by atoms with Crippen LogP contribution in [0.1, 0.15) is 32.1 Å². The third kappa shape index (κ3) is 5.09. The number of nitrogens with zero attached hydrogens (tertiary/aromatic N) is 2. The van der Waals surface area contributed by atoms with Crippen LogP contribution in [0.2, 0.25) is 0 Å². The highest BCUT2D eigenvalue weighted by molar-refractivity contribution is 14.1. The van der Waals surface area contributed by atoms with Crippen LogP contribution in [0.15, 0.2) is 24.3 Å². The van der Waals surface area contributed by atoms with E-state index >= 15 is 0 Å². The Bertz CT molecular complexity index is 591. The molecule has 2 fully saturated rings. The van der Waals surface area contributed by atoms with Crippen molar-refractivity contribution in [1.29, 1.82) is 0 Å². The lowest BCUT2D eigenvalue weighted by Gasteiger charge is -2.35. The number of hydrogen-bond acceptors (Lipinski definition) is 3. The van der Waals surface area contributed by atoms with Gasteiger partial charge < -0.3 is 14.5 Å². The van der Waals surface area contributed by atoms with E-state index in [0.717, 1.165) is 42.3 Å². The number of halogens is 1. The molecule has 0 radical (unpaired) electrons. The molecule has 2 heterocycles. The molecule has 1 aromatic rings. The minimum absolute atomic E-state index is 0.00224. The summed E-state index contributed by atoms with van der Waals surface area (Å²) in [4.78, 5) is 28.7. The maximum Gasteiger partial charge on any atom is 0.260 e. The smallest absolute Gasteiger partial charge is 0.260 e. The molecule has 0 unspecified atom stereocenters. The minimum Gasteiger partial charge on any atom is -0.484 e. The van der Waals surface area contributed by atoms with Gasteiger partial charge in [0.25, 0.3) is 5.91 Å². The maximum absolute atomic E-state index is 12.6. The molecule has 6 heteroatoms. The van der Waals surface area contributed by atoms with Gasteiger partial charge in [-0.1, -0.05) is 0 Å². The lowest BCUT2D eigenvalue weighted by Crippen LogP contribution is -2.46. The number of benzene rings is 1. The third-order valence-corrected chi connectivity index (χ3v) is 5.76. The van der Waals surface area contributed by atoms with Crippen LogP contribution >= 0.6 is 22.6 Å². The summed E-state index contributed by atoms with van der Waals surface area (Å²) in [6.45, 7) is 3.17. The Balaban J connectivity index is 1.42. The Morgan fingerprint density at radius 2 is 1.60 bits per heavy atom. The van der Waals surface area contributed by atoms with E-state index in [9.17, 15) is 9.59 Å². The van der Waals surface area contributed by atoms with E-state index in [1.54, 1.807) is 0 Å². The van der Waals surface area contributed by atoms with E-state index in [0.29, 0.717) is 24.7 Å². The van der Waals surface area contributed by atoms with Crippen molar-refractivity contribution in [3.63, 3.8) is 0 Å². The molecule has 0 aliphatic carbocycles. The van der Waals surface area contributed by atoms with Gasteiger partial charge in [-0.2, -0.15) is 0 Å². The highest BCUT2D eigenvalue weighted by Crippen LogP contribution is 2.22. The standard InChI is InChI=1S/C19H25IN2O3/c20-16-4-6-17(7-5-16)25-14-18(23)21-12-8-15(9-13-21)19(24)22-10-2-1-3-11-22/h4-7,15H,1-3,8-14H2. The minimum atomic E-state index is 0.00224. The molecule has 0 bridgehead atoms. The van der Waals surface area contributed by atoms with E-state index in [-0.39, 0.29) is 18.4 Å². The van der Waals surface area contributed by atoms with Crippen LogP contribution in [0.3, 0.4) is 0 Å². The van der Waals surface area contributed by atoms with Crippen LogP contribution < -0.4 is 4.74 Å². The first kappa shape index (κ1) is 18.5. The number of rotatable bonds is 4. The van der Waals surface area contributed by atoms with Gasteiger partial charge in [-0.25, -0.2) is 0 Å². The molecule has 2 aliphatic rings. The van der Waals surface area contributed by atoms with E-state index in [4.69, 9.17) is 4.74 Å². The molecular formula is C19H25IN2O3. The number of piperidine rings is 2. The Kier molecular flexibility index (Phi) is 6.56. The summed E-state index contributed by atoms with van der Waals surface area (Å²) in [5, 5.41) is 0. The zero-order valence-corrected chi connectivity index (χ0v) is 16.6. The normalized spacial score (nSPS) is 18.9. The van der Waals surface area contributed by atoms with Crippen LogP contribution in [0.25, 0.3) is 0 Å². The largest absolute Gasteiger partial charge is 0.484 e. The van der Waals surface area contributed by atoms with Crippen molar-refractivity contribution in [2.24, 2.45) is 5.92 Å². The van der Waals surface area contributed by atoms with Gasteiger partial charge in [0.2, 0.25) is 5.91 Å². The van der Waals surface area contributed by atoms with Gasteiger partial charge in [0.1, 0.15) is 5.75 Å². The quantitative estimate of drug-likeness (QED) is 0.655. The molecule has 0 atom stereocenters. The van der Waals surface area contributed by atoms with Gasteiger partial charge in [-0.3, -0.25) is 9.59 Å². The van der Waals surface area contributed by atoms with E-state index in [2.05, 4.69) is 22.6 Å². The van der Waals surface area contributed by atoms with Gasteiger partial charge in [0.15, 0.2) is 6.61 Å². The van der Waals surface area contributed by atoms with Crippen LogP contribution in [0, 0.1) is 9.49 Å². The number of carbonyl (C=O) groups is 2. The van der Waals surface area contributed by atoms with Crippen molar-refractivity contribution >= 4 is 34.4 Å². The second kappa shape index (κ2) is 8.87. The topological polar surface area (TPSA) is 49.9 Å². The summed E-state index contributed by atoms with van der Waals surface area (Å²) in [7, 11) is 0. The monoisotopic (exact) mass is 456 g/mol. The van der Waals surface area contributed by atoms with Gasteiger partial charge in [0, 0.05) is 35.7 Å². The summed E-state index contributed by atoms with van der Waals surface area (Å²) >= 11 is 2.23.